The van der Waals surface area contributed by atoms with Crippen LogP contribution in [0.3, 0.4) is 0 Å². The fraction of sp³-hybridized carbons (Fsp3) is 0.800. The summed E-state index contributed by atoms with van der Waals surface area (Å²) in [6.45, 7) is 8.49. The van der Waals surface area contributed by atoms with E-state index in [1.165, 1.54) is 0 Å². The van der Waals surface area contributed by atoms with Crippen molar-refractivity contribution < 1.29 is 5.11 Å². The third-order valence-electron chi connectivity index (χ3n) is 3.72. The van der Waals surface area contributed by atoms with Crippen LogP contribution in [0, 0.1) is 17.3 Å². The number of rotatable bonds is 0. The molecule has 0 aliphatic heterocycles. The highest BCUT2D eigenvalue weighted by Gasteiger charge is 2.59. The second-order valence-corrected chi connectivity index (χ2v) is 4.65. The lowest BCUT2D eigenvalue weighted by atomic mass is 9.94. The Kier molecular flexibility index (Phi) is 1.26. The third kappa shape index (κ3) is 0.871. The zero-order valence-corrected chi connectivity index (χ0v) is 7.30. The number of aliphatic hydroxyl groups excluding tert-OH is 1. The van der Waals surface area contributed by atoms with Gasteiger partial charge in [-0.3, -0.25) is 0 Å². The van der Waals surface area contributed by atoms with Crippen LogP contribution in [0.5, 0.6) is 0 Å². The van der Waals surface area contributed by atoms with Crippen LogP contribution in [0.2, 0.25) is 0 Å². The molecule has 1 N–H and O–H groups in total. The van der Waals surface area contributed by atoms with Gasteiger partial charge in [0.1, 0.15) is 0 Å². The third-order valence-corrected chi connectivity index (χ3v) is 3.72. The number of aliphatic hydroxyl groups is 1. The molecule has 1 nitrogen and oxygen atoms in total. The Morgan fingerprint density at radius 2 is 2.09 bits per heavy atom. The van der Waals surface area contributed by atoms with Crippen LogP contribution in [0.25, 0.3) is 0 Å². The van der Waals surface area contributed by atoms with Crippen LogP contribution in [0.15, 0.2) is 12.2 Å². The molecule has 1 unspecified atom stereocenters. The molecule has 0 radical (unpaired) electrons. The molecule has 1 heteroatoms. The van der Waals surface area contributed by atoms with Gasteiger partial charge in [0.2, 0.25) is 0 Å². The average molecular weight is 152 g/mol. The molecule has 0 aromatic heterocycles. The molecular weight excluding hydrogens is 136 g/mol. The summed E-state index contributed by atoms with van der Waals surface area (Å²) in [7, 11) is 0. The summed E-state index contributed by atoms with van der Waals surface area (Å²) < 4.78 is 0. The first-order chi connectivity index (χ1) is 5.03. The van der Waals surface area contributed by atoms with E-state index in [-0.39, 0.29) is 6.10 Å². The molecule has 0 bridgehead atoms. The predicted molar refractivity (Wildman–Crippen MR) is 45.1 cm³/mol. The normalized spacial score (nSPS) is 46.8. The summed E-state index contributed by atoms with van der Waals surface area (Å²) in [4.78, 5) is 0. The largest absolute Gasteiger partial charge is 0.389 e. The van der Waals surface area contributed by atoms with Gasteiger partial charge in [0.15, 0.2) is 0 Å². The Morgan fingerprint density at radius 1 is 1.45 bits per heavy atom. The molecule has 2 aliphatic carbocycles. The van der Waals surface area contributed by atoms with Crippen molar-refractivity contribution in [2.75, 3.05) is 0 Å². The first kappa shape index (κ1) is 7.35. The Balaban J connectivity index is 2.12. The molecule has 0 spiro atoms. The maximum Gasteiger partial charge on any atom is 0.0750 e. The summed E-state index contributed by atoms with van der Waals surface area (Å²) in [5.74, 6) is 1.58. The molecule has 62 valence electrons. The zero-order valence-electron chi connectivity index (χ0n) is 7.30. The SMILES string of the molecule is C=C1C[C@H]2[C@H](CC1O)C2(C)C. The first-order valence-electron chi connectivity index (χ1n) is 4.39. The van der Waals surface area contributed by atoms with Gasteiger partial charge in [-0.1, -0.05) is 20.4 Å². The van der Waals surface area contributed by atoms with Gasteiger partial charge in [-0.2, -0.15) is 0 Å². The molecule has 2 saturated carbocycles. The van der Waals surface area contributed by atoms with Crippen LogP contribution >= 0.6 is 0 Å². The predicted octanol–water partition coefficient (Wildman–Crippen LogP) is 1.97. The molecule has 0 aromatic carbocycles. The van der Waals surface area contributed by atoms with E-state index in [0.717, 1.165) is 30.3 Å². The van der Waals surface area contributed by atoms with E-state index in [1.807, 2.05) is 0 Å². The highest BCUT2D eigenvalue weighted by Crippen LogP contribution is 2.65. The van der Waals surface area contributed by atoms with Crippen molar-refractivity contribution in [3.8, 4) is 0 Å². The van der Waals surface area contributed by atoms with Gasteiger partial charge >= 0.3 is 0 Å². The van der Waals surface area contributed by atoms with E-state index in [2.05, 4.69) is 20.4 Å². The zero-order chi connectivity index (χ0) is 8.22. The molecule has 3 atom stereocenters. The maximum atomic E-state index is 9.51. The molecule has 2 rings (SSSR count). The lowest BCUT2D eigenvalue weighted by Gasteiger charge is -2.17. The lowest BCUT2D eigenvalue weighted by Crippen LogP contribution is -2.15. The summed E-state index contributed by atoms with van der Waals surface area (Å²) in [6.07, 6.45) is 1.80. The van der Waals surface area contributed by atoms with Crippen molar-refractivity contribution in [2.24, 2.45) is 17.3 Å². The van der Waals surface area contributed by atoms with Crippen LogP contribution < -0.4 is 0 Å². The smallest absolute Gasteiger partial charge is 0.0750 e. The molecule has 11 heavy (non-hydrogen) atoms. The van der Waals surface area contributed by atoms with Crippen molar-refractivity contribution >= 4 is 0 Å². The molecule has 0 heterocycles. The molecule has 0 saturated heterocycles. The summed E-state index contributed by atoms with van der Waals surface area (Å²) in [6, 6.07) is 0. The van der Waals surface area contributed by atoms with Gasteiger partial charge < -0.3 is 5.11 Å². The van der Waals surface area contributed by atoms with Gasteiger partial charge in [0, 0.05) is 0 Å². The summed E-state index contributed by atoms with van der Waals surface area (Å²) >= 11 is 0. The highest BCUT2D eigenvalue weighted by atomic mass is 16.3. The van der Waals surface area contributed by atoms with E-state index in [4.69, 9.17) is 0 Å². The summed E-state index contributed by atoms with van der Waals surface area (Å²) in [5.41, 5.74) is 1.54. The minimum Gasteiger partial charge on any atom is -0.389 e. The maximum absolute atomic E-state index is 9.51. The van der Waals surface area contributed by atoms with Gasteiger partial charge in [-0.05, 0) is 35.7 Å². The van der Waals surface area contributed by atoms with Gasteiger partial charge in [-0.15, -0.1) is 0 Å². The lowest BCUT2D eigenvalue weighted by molar-refractivity contribution is 0.172. The molecule has 2 fully saturated rings. The molecule has 2 aliphatic rings. The Morgan fingerprint density at radius 3 is 2.64 bits per heavy atom. The minimum absolute atomic E-state index is 0.210. The minimum atomic E-state index is -0.210. The fourth-order valence-corrected chi connectivity index (χ4v) is 2.56. The van der Waals surface area contributed by atoms with Crippen LogP contribution in [-0.4, -0.2) is 11.2 Å². The quantitative estimate of drug-likeness (QED) is 0.526. The molecule has 0 aromatic rings. The Hall–Kier alpha value is -0.300. The van der Waals surface area contributed by atoms with Gasteiger partial charge in [0.25, 0.3) is 0 Å². The topological polar surface area (TPSA) is 20.2 Å². The molecular formula is C10H16O. The van der Waals surface area contributed by atoms with Gasteiger partial charge in [0.05, 0.1) is 6.10 Å². The van der Waals surface area contributed by atoms with Crippen LogP contribution in [0.1, 0.15) is 26.7 Å². The Labute approximate surface area is 68.1 Å². The second-order valence-electron chi connectivity index (χ2n) is 4.65. The second kappa shape index (κ2) is 1.89. The fourth-order valence-electron chi connectivity index (χ4n) is 2.56. The standard InChI is InChI=1S/C10H16O/c1-6-4-7-8(5-9(6)11)10(7,2)3/h7-9,11H,1,4-5H2,2-3H3/t7-,8-,9?/m0/s1. The highest BCUT2D eigenvalue weighted by molar-refractivity contribution is 5.20. The van der Waals surface area contributed by atoms with E-state index in [1.54, 1.807) is 0 Å². The van der Waals surface area contributed by atoms with Crippen molar-refractivity contribution in [1.29, 1.82) is 0 Å². The van der Waals surface area contributed by atoms with Gasteiger partial charge in [-0.25, -0.2) is 0 Å². The number of hydrogen-bond donors (Lipinski definition) is 1. The monoisotopic (exact) mass is 152 g/mol. The van der Waals surface area contributed by atoms with E-state index in [9.17, 15) is 5.11 Å². The van der Waals surface area contributed by atoms with E-state index < -0.39 is 0 Å². The van der Waals surface area contributed by atoms with Crippen LogP contribution in [0.4, 0.5) is 0 Å². The molecule has 0 amide bonds. The number of hydrogen-bond acceptors (Lipinski definition) is 1. The average Bonchev–Trinajstić information content (AvgIpc) is 2.39. The van der Waals surface area contributed by atoms with Crippen molar-refractivity contribution in [2.45, 2.75) is 32.8 Å². The van der Waals surface area contributed by atoms with Crippen molar-refractivity contribution in [3.05, 3.63) is 12.2 Å². The van der Waals surface area contributed by atoms with E-state index >= 15 is 0 Å². The number of fused-ring (bicyclic) bond motifs is 1. The first-order valence-corrected chi connectivity index (χ1v) is 4.39. The summed E-state index contributed by atoms with van der Waals surface area (Å²) in [5, 5.41) is 9.51. The van der Waals surface area contributed by atoms with Crippen molar-refractivity contribution in [1.82, 2.24) is 0 Å². The Bertz CT molecular complexity index is 205. The van der Waals surface area contributed by atoms with Crippen LogP contribution in [-0.2, 0) is 0 Å². The van der Waals surface area contributed by atoms with Crippen molar-refractivity contribution in [3.63, 3.8) is 0 Å². The van der Waals surface area contributed by atoms with E-state index in [0.29, 0.717) is 5.41 Å².